The van der Waals surface area contributed by atoms with Crippen molar-refractivity contribution in [1.82, 2.24) is 10.2 Å². The monoisotopic (exact) mass is 253 g/mol. The van der Waals surface area contributed by atoms with Gasteiger partial charge in [-0.05, 0) is 65.2 Å². The summed E-state index contributed by atoms with van der Waals surface area (Å²) < 4.78 is 0. The van der Waals surface area contributed by atoms with Crippen molar-refractivity contribution < 1.29 is 0 Å². The second-order valence-electron chi connectivity index (χ2n) is 5.92. The lowest BCUT2D eigenvalue weighted by molar-refractivity contribution is 0.296. The van der Waals surface area contributed by atoms with Gasteiger partial charge in [-0.15, -0.1) is 0 Å². The van der Waals surface area contributed by atoms with Gasteiger partial charge in [-0.3, -0.25) is 5.32 Å². The molecule has 0 heterocycles. The Morgan fingerprint density at radius 1 is 1.28 bits per heavy atom. The number of nitrogens with zero attached hydrogens (tertiary/aromatic N) is 2. The Hall–Kier alpha value is -0.590. The third-order valence-corrected chi connectivity index (χ3v) is 3.37. The fourth-order valence-corrected chi connectivity index (χ4v) is 2.02. The maximum atomic E-state index is 9.15. The molecule has 0 spiro atoms. The Labute approximate surface area is 114 Å². The van der Waals surface area contributed by atoms with Crippen LogP contribution in [-0.4, -0.2) is 37.1 Å². The van der Waals surface area contributed by atoms with E-state index in [4.69, 9.17) is 5.26 Å². The molecule has 0 saturated heterocycles. The Kier molecular flexibility index (Phi) is 9.05. The Morgan fingerprint density at radius 2 is 1.94 bits per heavy atom. The molecular formula is C15H31N3. The summed E-state index contributed by atoms with van der Waals surface area (Å²) in [6.07, 6.45) is 4.50. The molecular weight excluding hydrogens is 222 g/mol. The summed E-state index contributed by atoms with van der Waals surface area (Å²) in [5, 5.41) is 12.4. The molecule has 0 bridgehead atoms. The number of rotatable bonds is 10. The fraction of sp³-hybridized carbons (Fsp3) is 0.933. The standard InChI is InChI=1S/C15H31N3/c1-6-17-15(4,13-16)10-7-8-11-18(5)12-9-14(2)3/h14,17H,6-12H2,1-5H3. The highest BCUT2D eigenvalue weighted by atomic mass is 15.1. The normalized spacial score (nSPS) is 14.8. The van der Waals surface area contributed by atoms with Crippen molar-refractivity contribution in [3.63, 3.8) is 0 Å². The molecule has 0 aromatic heterocycles. The van der Waals surface area contributed by atoms with Crippen LogP contribution in [0.3, 0.4) is 0 Å². The zero-order chi connectivity index (χ0) is 14.0. The van der Waals surface area contributed by atoms with Gasteiger partial charge in [-0.25, -0.2) is 0 Å². The molecule has 0 radical (unpaired) electrons. The van der Waals surface area contributed by atoms with Crippen LogP contribution in [0.2, 0.25) is 0 Å². The molecule has 0 aromatic rings. The molecule has 0 aliphatic carbocycles. The van der Waals surface area contributed by atoms with E-state index < -0.39 is 0 Å². The van der Waals surface area contributed by atoms with Crippen LogP contribution < -0.4 is 5.32 Å². The van der Waals surface area contributed by atoms with Crippen molar-refractivity contribution in [1.29, 1.82) is 5.26 Å². The van der Waals surface area contributed by atoms with Crippen LogP contribution in [0.1, 0.15) is 53.4 Å². The summed E-state index contributed by atoms with van der Waals surface area (Å²) in [5.41, 5.74) is -0.342. The Bertz CT molecular complexity index is 245. The molecule has 1 unspecified atom stereocenters. The molecule has 18 heavy (non-hydrogen) atoms. The van der Waals surface area contributed by atoms with Crippen LogP contribution in [-0.2, 0) is 0 Å². The molecule has 0 saturated carbocycles. The van der Waals surface area contributed by atoms with Crippen LogP contribution in [0, 0.1) is 17.2 Å². The summed E-state index contributed by atoms with van der Waals surface area (Å²) in [4.78, 5) is 2.40. The van der Waals surface area contributed by atoms with Crippen molar-refractivity contribution in [3.8, 4) is 6.07 Å². The average molecular weight is 253 g/mol. The number of nitriles is 1. The molecule has 3 nitrogen and oxygen atoms in total. The Balaban J connectivity index is 3.69. The van der Waals surface area contributed by atoms with Crippen LogP contribution in [0.25, 0.3) is 0 Å². The highest BCUT2D eigenvalue weighted by Gasteiger charge is 2.21. The van der Waals surface area contributed by atoms with Gasteiger partial charge in [0.2, 0.25) is 0 Å². The minimum absolute atomic E-state index is 0.342. The van der Waals surface area contributed by atoms with E-state index in [0.29, 0.717) is 0 Å². The predicted octanol–water partition coefficient (Wildman–Crippen LogP) is 3.03. The van der Waals surface area contributed by atoms with Gasteiger partial charge in [0.15, 0.2) is 0 Å². The van der Waals surface area contributed by atoms with Gasteiger partial charge in [0.25, 0.3) is 0 Å². The van der Waals surface area contributed by atoms with Gasteiger partial charge in [0, 0.05) is 0 Å². The Morgan fingerprint density at radius 3 is 2.44 bits per heavy atom. The van der Waals surface area contributed by atoms with E-state index in [1.807, 2.05) is 6.92 Å². The summed E-state index contributed by atoms with van der Waals surface area (Å²) in [7, 11) is 2.19. The summed E-state index contributed by atoms with van der Waals surface area (Å²) >= 11 is 0. The molecule has 3 heteroatoms. The smallest absolute Gasteiger partial charge is 0.103 e. The molecule has 0 aliphatic heterocycles. The maximum absolute atomic E-state index is 9.15. The lowest BCUT2D eigenvalue weighted by atomic mass is 9.96. The topological polar surface area (TPSA) is 39.1 Å². The average Bonchev–Trinajstić information content (AvgIpc) is 2.32. The third kappa shape index (κ3) is 8.49. The van der Waals surface area contributed by atoms with Crippen molar-refractivity contribution in [3.05, 3.63) is 0 Å². The second-order valence-corrected chi connectivity index (χ2v) is 5.92. The van der Waals surface area contributed by atoms with E-state index in [-0.39, 0.29) is 5.54 Å². The SMILES string of the molecule is CCNC(C)(C#N)CCCCN(C)CCC(C)C. The molecule has 0 amide bonds. The van der Waals surface area contributed by atoms with Crippen molar-refractivity contribution >= 4 is 0 Å². The van der Waals surface area contributed by atoms with Gasteiger partial charge in [-0.2, -0.15) is 5.26 Å². The maximum Gasteiger partial charge on any atom is 0.103 e. The third-order valence-electron chi connectivity index (χ3n) is 3.37. The van der Waals surface area contributed by atoms with Gasteiger partial charge >= 0.3 is 0 Å². The van der Waals surface area contributed by atoms with E-state index in [1.54, 1.807) is 0 Å². The van der Waals surface area contributed by atoms with Crippen molar-refractivity contribution in [2.45, 2.75) is 58.9 Å². The van der Waals surface area contributed by atoms with E-state index in [1.165, 1.54) is 19.4 Å². The second kappa shape index (κ2) is 9.35. The lowest BCUT2D eigenvalue weighted by Crippen LogP contribution is -2.40. The minimum atomic E-state index is -0.342. The first-order valence-corrected chi connectivity index (χ1v) is 7.28. The van der Waals surface area contributed by atoms with Gasteiger partial charge in [-0.1, -0.05) is 20.8 Å². The van der Waals surface area contributed by atoms with Gasteiger partial charge in [0.1, 0.15) is 5.54 Å². The van der Waals surface area contributed by atoms with Gasteiger partial charge in [0.05, 0.1) is 6.07 Å². The number of nitrogens with one attached hydrogen (secondary N) is 1. The highest BCUT2D eigenvalue weighted by Crippen LogP contribution is 2.13. The van der Waals surface area contributed by atoms with Crippen molar-refractivity contribution in [2.24, 2.45) is 5.92 Å². The lowest BCUT2D eigenvalue weighted by Gasteiger charge is -2.23. The predicted molar refractivity (Wildman–Crippen MR) is 78.5 cm³/mol. The first-order valence-electron chi connectivity index (χ1n) is 7.28. The van der Waals surface area contributed by atoms with E-state index in [0.717, 1.165) is 31.8 Å². The summed E-state index contributed by atoms with van der Waals surface area (Å²) in [6, 6.07) is 2.38. The summed E-state index contributed by atoms with van der Waals surface area (Å²) in [6.45, 7) is 11.8. The number of hydrogen-bond donors (Lipinski definition) is 1. The molecule has 106 valence electrons. The van der Waals surface area contributed by atoms with E-state index in [9.17, 15) is 0 Å². The molecule has 0 aliphatic rings. The molecule has 0 fully saturated rings. The van der Waals surface area contributed by atoms with E-state index >= 15 is 0 Å². The molecule has 0 aromatic carbocycles. The zero-order valence-corrected chi connectivity index (χ0v) is 12.9. The first-order chi connectivity index (χ1) is 8.43. The highest BCUT2D eigenvalue weighted by molar-refractivity contribution is 5.03. The fourth-order valence-electron chi connectivity index (χ4n) is 2.02. The quantitative estimate of drug-likeness (QED) is 0.608. The van der Waals surface area contributed by atoms with E-state index in [2.05, 4.69) is 44.1 Å². The van der Waals surface area contributed by atoms with Crippen LogP contribution in [0.15, 0.2) is 0 Å². The van der Waals surface area contributed by atoms with Crippen LogP contribution in [0.4, 0.5) is 0 Å². The summed E-state index contributed by atoms with van der Waals surface area (Å²) in [5.74, 6) is 0.781. The minimum Gasteiger partial charge on any atom is -0.306 e. The first kappa shape index (κ1) is 17.4. The molecule has 0 rings (SSSR count). The van der Waals surface area contributed by atoms with Crippen LogP contribution in [0.5, 0.6) is 0 Å². The van der Waals surface area contributed by atoms with Gasteiger partial charge < -0.3 is 4.90 Å². The van der Waals surface area contributed by atoms with Crippen LogP contribution >= 0.6 is 0 Å². The number of unbranched alkanes of at least 4 members (excludes halogenated alkanes) is 1. The number of hydrogen-bond acceptors (Lipinski definition) is 3. The molecule has 1 N–H and O–H groups in total. The van der Waals surface area contributed by atoms with Crippen molar-refractivity contribution in [2.75, 3.05) is 26.7 Å². The molecule has 1 atom stereocenters. The largest absolute Gasteiger partial charge is 0.306 e. The zero-order valence-electron chi connectivity index (χ0n) is 12.9.